The van der Waals surface area contributed by atoms with Crippen LogP contribution in [0.4, 0.5) is 5.69 Å². The third kappa shape index (κ3) is 7.25. The van der Waals surface area contributed by atoms with Crippen LogP contribution < -0.4 is 10.6 Å². The van der Waals surface area contributed by atoms with Gasteiger partial charge in [-0.15, -0.1) is 0 Å². The molecule has 0 saturated carbocycles. The lowest BCUT2D eigenvalue weighted by Crippen LogP contribution is -2.26. The Kier molecular flexibility index (Phi) is 8.11. The molecule has 0 atom stereocenters. The molecule has 1 aromatic rings. The second kappa shape index (κ2) is 10.1. The zero-order chi connectivity index (χ0) is 17.1. The monoisotopic (exact) mass is 315 g/mol. The van der Waals surface area contributed by atoms with Crippen LogP contribution in [0.25, 0.3) is 6.08 Å². The summed E-state index contributed by atoms with van der Waals surface area (Å²) in [4.78, 5) is 22.9. The molecule has 0 heterocycles. The molecule has 0 fully saturated rings. The van der Waals surface area contributed by atoms with Crippen molar-refractivity contribution >= 4 is 23.6 Å². The fourth-order valence-corrected chi connectivity index (χ4v) is 1.80. The van der Waals surface area contributed by atoms with E-state index in [0.29, 0.717) is 37.4 Å². The van der Waals surface area contributed by atoms with E-state index in [-0.39, 0.29) is 11.5 Å². The molecule has 0 saturated heterocycles. The Labute approximate surface area is 136 Å². The number of nitriles is 1. The molecule has 1 aromatic carbocycles. The summed E-state index contributed by atoms with van der Waals surface area (Å²) >= 11 is 0. The largest absolute Gasteiger partial charge is 0.382 e. The Morgan fingerprint density at radius 3 is 2.57 bits per heavy atom. The third-order valence-corrected chi connectivity index (χ3v) is 2.86. The van der Waals surface area contributed by atoms with Crippen molar-refractivity contribution in [2.24, 2.45) is 0 Å². The molecule has 0 spiro atoms. The molecule has 2 amide bonds. The lowest BCUT2D eigenvalue weighted by molar-refractivity contribution is -0.117. The maximum atomic E-state index is 11.9. The lowest BCUT2D eigenvalue weighted by Gasteiger charge is -2.05. The van der Waals surface area contributed by atoms with Gasteiger partial charge in [0.05, 0.1) is 0 Å². The summed E-state index contributed by atoms with van der Waals surface area (Å²) in [5.41, 5.74) is 1.40. The highest BCUT2D eigenvalue weighted by Crippen LogP contribution is 2.12. The molecule has 0 bridgehead atoms. The Morgan fingerprint density at radius 1 is 1.30 bits per heavy atom. The molecule has 0 unspecified atom stereocenters. The lowest BCUT2D eigenvalue weighted by atomic mass is 10.1. The molecule has 0 aliphatic carbocycles. The van der Waals surface area contributed by atoms with Gasteiger partial charge in [-0.2, -0.15) is 5.26 Å². The van der Waals surface area contributed by atoms with Crippen LogP contribution in [0.5, 0.6) is 0 Å². The van der Waals surface area contributed by atoms with Gasteiger partial charge in [0.15, 0.2) is 0 Å². The van der Waals surface area contributed by atoms with E-state index < -0.39 is 5.91 Å². The van der Waals surface area contributed by atoms with Gasteiger partial charge in [-0.05, 0) is 37.1 Å². The third-order valence-electron chi connectivity index (χ3n) is 2.86. The maximum absolute atomic E-state index is 11.9. The number of rotatable bonds is 8. The van der Waals surface area contributed by atoms with Crippen LogP contribution in [0.15, 0.2) is 29.8 Å². The first-order valence-electron chi connectivity index (χ1n) is 7.42. The molecule has 0 aliphatic rings. The van der Waals surface area contributed by atoms with Crippen LogP contribution in [0, 0.1) is 11.3 Å². The van der Waals surface area contributed by atoms with E-state index in [9.17, 15) is 9.59 Å². The number of benzene rings is 1. The molecule has 0 radical (unpaired) electrons. The van der Waals surface area contributed by atoms with Crippen LogP contribution in [-0.4, -0.2) is 31.6 Å². The first-order valence-corrected chi connectivity index (χ1v) is 7.42. The van der Waals surface area contributed by atoms with Crippen molar-refractivity contribution in [1.29, 1.82) is 5.26 Å². The number of ether oxygens (including phenoxy) is 1. The molecule has 6 heteroatoms. The Hall–Kier alpha value is -2.65. The van der Waals surface area contributed by atoms with Gasteiger partial charge in [0.25, 0.3) is 5.91 Å². The second-order valence-electron chi connectivity index (χ2n) is 4.78. The van der Waals surface area contributed by atoms with Gasteiger partial charge in [0.2, 0.25) is 5.91 Å². The van der Waals surface area contributed by atoms with Crippen LogP contribution >= 0.6 is 0 Å². The molecule has 23 heavy (non-hydrogen) atoms. The van der Waals surface area contributed by atoms with E-state index in [1.54, 1.807) is 24.3 Å². The molecule has 0 aromatic heterocycles. The van der Waals surface area contributed by atoms with E-state index in [2.05, 4.69) is 10.6 Å². The molecule has 2 N–H and O–H groups in total. The van der Waals surface area contributed by atoms with Crippen LogP contribution in [0.2, 0.25) is 0 Å². The maximum Gasteiger partial charge on any atom is 0.261 e. The minimum absolute atomic E-state index is 0.0358. The van der Waals surface area contributed by atoms with E-state index in [1.165, 1.54) is 13.0 Å². The van der Waals surface area contributed by atoms with Crippen molar-refractivity contribution in [3.8, 4) is 6.07 Å². The van der Waals surface area contributed by atoms with Crippen LogP contribution in [0.3, 0.4) is 0 Å². The Morgan fingerprint density at radius 2 is 2.00 bits per heavy atom. The quantitative estimate of drug-likeness (QED) is 0.436. The smallest absolute Gasteiger partial charge is 0.261 e. The first kappa shape index (κ1) is 18.4. The number of carbonyl (C=O) groups is 2. The van der Waals surface area contributed by atoms with Gasteiger partial charge in [-0.25, -0.2) is 0 Å². The van der Waals surface area contributed by atoms with Crippen molar-refractivity contribution in [3.63, 3.8) is 0 Å². The fraction of sp³-hybridized carbons (Fsp3) is 0.353. The van der Waals surface area contributed by atoms with E-state index in [4.69, 9.17) is 10.00 Å². The Bertz CT molecular complexity index is 601. The SMILES string of the molecule is CCOCCCNC(=O)/C(C#N)=C/c1ccc(NC(C)=O)cc1. The van der Waals surface area contributed by atoms with Gasteiger partial charge in [0.1, 0.15) is 11.6 Å². The predicted octanol–water partition coefficient (Wildman–Crippen LogP) is 2.09. The van der Waals surface area contributed by atoms with E-state index >= 15 is 0 Å². The summed E-state index contributed by atoms with van der Waals surface area (Å²) in [6.07, 6.45) is 2.21. The molecule has 122 valence electrons. The molecule has 1 rings (SSSR count). The van der Waals surface area contributed by atoms with Crippen molar-refractivity contribution in [2.45, 2.75) is 20.3 Å². The van der Waals surface area contributed by atoms with Gasteiger partial charge >= 0.3 is 0 Å². The predicted molar refractivity (Wildman–Crippen MR) is 88.5 cm³/mol. The number of hydrogen-bond donors (Lipinski definition) is 2. The van der Waals surface area contributed by atoms with Gasteiger partial charge in [-0.3, -0.25) is 9.59 Å². The van der Waals surface area contributed by atoms with Gasteiger partial charge in [0, 0.05) is 32.4 Å². The summed E-state index contributed by atoms with van der Waals surface area (Å²) in [5.74, 6) is -0.563. The average molecular weight is 315 g/mol. The van der Waals surface area contributed by atoms with Gasteiger partial charge in [-0.1, -0.05) is 12.1 Å². The van der Waals surface area contributed by atoms with Crippen LogP contribution in [0.1, 0.15) is 25.8 Å². The van der Waals surface area contributed by atoms with Gasteiger partial charge < -0.3 is 15.4 Å². The number of nitrogens with zero attached hydrogens (tertiary/aromatic N) is 1. The van der Waals surface area contributed by atoms with E-state index in [0.717, 1.165) is 0 Å². The highest BCUT2D eigenvalue weighted by atomic mass is 16.5. The van der Waals surface area contributed by atoms with Crippen LogP contribution in [-0.2, 0) is 14.3 Å². The normalized spacial score (nSPS) is 10.7. The minimum atomic E-state index is -0.407. The highest BCUT2D eigenvalue weighted by Gasteiger charge is 2.08. The van der Waals surface area contributed by atoms with Crippen molar-refractivity contribution in [3.05, 3.63) is 35.4 Å². The summed E-state index contributed by atoms with van der Waals surface area (Å²) in [7, 11) is 0. The minimum Gasteiger partial charge on any atom is -0.382 e. The number of amides is 2. The summed E-state index contributed by atoms with van der Waals surface area (Å²) in [5, 5.41) is 14.4. The number of nitrogens with one attached hydrogen (secondary N) is 2. The molecule has 6 nitrogen and oxygen atoms in total. The topological polar surface area (TPSA) is 91.2 Å². The molecular weight excluding hydrogens is 294 g/mol. The summed E-state index contributed by atoms with van der Waals surface area (Å²) in [6, 6.07) is 8.77. The second-order valence-corrected chi connectivity index (χ2v) is 4.78. The fourth-order valence-electron chi connectivity index (χ4n) is 1.80. The summed E-state index contributed by atoms with van der Waals surface area (Å²) < 4.78 is 5.18. The zero-order valence-corrected chi connectivity index (χ0v) is 13.4. The zero-order valence-electron chi connectivity index (χ0n) is 13.4. The highest BCUT2D eigenvalue weighted by molar-refractivity contribution is 6.01. The first-order chi connectivity index (χ1) is 11.1. The number of anilines is 1. The van der Waals surface area contributed by atoms with Crippen molar-refractivity contribution in [2.75, 3.05) is 25.1 Å². The standard InChI is InChI=1S/C17H21N3O3/c1-3-23-10-4-9-19-17(22)15(12-18)11-14-5-7-16(8-6-14)20-13(2)21/h5-8,11H,3-4,9-10H2,1-2H3,(H,19,22)(H,20,21)/b15-11+. The number of carbonyl (C=O) groups excluding carboxylic acids is 2. The average Bonchev–Trinajstić information content (AvgIpc) is 2.53. The van der Waals surface area contributed by atoms with E-state index in [1.807, 2.05) is 13.0 Å². The molecule has 0 aliphatic heterocycles. The number of hydrogen-bond acceptors (Lipinski definition) is 4. The Balaban J connectivity index is 2.62. The van der Waals surface area contributed by atoms with Crippen molar-refractivity contribution in [1.82, 2.24) is 5.32 Å². The van der Waals surface area contributed by atoms with Crippen molar-refractivity contribution < 1.29 is 14.3 Å². The summed E-state index contributed by atoms with van der Waals surface area (Å²) in [6.45, 7) is 5.02. The molecular formula is C17H21N3O3.